The Labute approximate surface area is 104 Å². The van der Waals surface area contributed by atoms with Crippen LogP contribution in [-0.2, 0) is 11.3 Å². The first-order valence-corrected chi connectivity index (χ1v) is 6.16. The molecule has 1 aromatic carbocycles. The van der Waals surface area contributed by atoms with Crippen molar-refractivity contribution in [2.45, 2.75) is 6.61 Å². The van der Waals surface area contributed by atoms with E-state index in [1.807, 2.05) is 36.6 Å². The molecule has 0 bridgehead atoms. The van der Waals surface area contributed by atoms with Crippen molar-refractivity contribution in [2.75, 3.05) is 6.26 Å². The molecule has 2 N–H and O–H groups in total. The Morgan fingerprint density at radius 3 is 2.69 bits per heavy atom. The average molecular weight is 256 g/mol. The maximum absolute atomic E-state index is 11.2. The molecule has 86 valence electrons. The zero-order chi connectivity index (χ0) is 11.8. The fraction of sp³-hybridized carbons (Fsp3) is 0.200. The van der Waals surface area contributed by atoms with E-state index in [2.05, 4.69) is 10.9 Å². The first-order valence-electron chi connectivity index (χ1n) is 4.53. The van der Waals surface area contributed by atoms with Crippen molar-refractivity contribution < 1.29 is 9.53 Å². The summed E-state index contributed by atoms with van der Waals surface area (Å²) in [6.45, 7) is 0.236. The summed E-state index contributed by atoms with van der Waals surface area (Å²) in [7, 11) is 0. The van der Waals surface area contributed by atoms with Gasteiger partial charge in [-0.15, -0.1) is 0 Å². The molecule has 0 aliphatic heterocycles. The van der Waals surface area contributed by atoms with E-state index in [-0.39, 0.29) is 6.61 Å². The number of thiocarbonyl (C=S) groups is 1. The standard InChI is InChI=1S/C10H12N2O2S2/c1-16-10(15)12-11-9(13)14-7-8-5-3-2-4-6-8/h2-6H,7H2,1H3,(H,11,13)(H,12,15). The second-order valence-corrected chi connectivity index (χ2v) is 4.29. The lowest BCUT2D eigenvalue weighted by Gasteiger charge is -2.08. The van der Waals surface area contributed by atoms with Crippen LogP contribution in [0.1, 0.15) is 5.56 Å². The summed E-state index contributed by atoms with van der Waals surface area (Å²) >= 11 is 6.16. The van der Waals surface area contributed by atoms with E-state index in [9.17, 15) is 4.79 Å². The number of carbonyl (C=O) groups is 1. The van der Waals surface area contributed by atoms with Crippen molar-refractivity contribution in [1.82, 2.24) is 10.9 Å². The van der Waals surface area contributed by atoms with Crippen LogP contribution >= 0.6 is 24.0 Å². The van der Waals surface area contributed by atoms with Crippen LogP contribution in [0.5, 0.6) is 0 Å². The van der Waals surface area contributed by atoms with Gasteiger partial charge in [0.1, 0.15) is 6.61 Å². The van der Waals surface area contributed by atoms with Crippen LogP contribution in [0.2, 0.25) is 0 Å². The van der Waals surface area contributed by atoms with Crippen LogP contribution < -0.4 is 10.9 Å². The number of hydrogen-bond acceptors (Lipinski definition) is 4. The third-order valence-electron chi connectivity index (χ3n) is 1.66. The summed E-state index contributed by atoms with van der Waals surface area (Å²) < 4.78 is 5.42. The highest BCUT2D eigenvalue weighted by atomic mass is 32.2. The zero-order valence-electron chi connectivity index (χ0n) is 8.73. The quantitative estimate of drug-likeness (QED) is 0.626. The molecular weight excluding hydrogens is 244 g/mol. The van der Waals surface area contributed by atoms with Crippen LogP contribution in [-0.4, -0.2) is 16.7 Å². The van der Waals surface area contributed by atoms with Crippen LogP contribution in [0, 0.1) is 0 Å². The molecule has 16 heavy (non-hydrogen) atoms. The first-order chi connectivity index (χ1) is 7.72. The van der Waals surface area contributed by atoms with Gasteiger partial charge in [0.15, 0.2) is 4.32 Å². The van der Waals surface area contributed by atoms with Gasteiger partial charge < -0.3 is 4.74 Å². The fourth-order valence-corrected chi connectivity index (χ4v) is 1.12. The van der Waals surface area contributed by atoms with Crippen molar-refractivity contribution in [2.24, 2.45) is 0 Å². The number of hydrogen-bond donors (Lipinski definition) is 2. The molecular formula is C10H12N2O2S2. The number of ether oxygens (including phenoxy) is 1. The lowest BCUT2D eigenvalue weighted by molar-refractivity contribution is 0.137. The van der Waals surface area contributed by atoms with Crippen molar-refractivity contribution in [3.8, 4) is 0 Å². The highest BCUT2D eigenvalue weighted by Gasteiger charge is 2.02. The van der Waals surface area contributed by atoms with Crippen LogP contribution in [0.25, 0.3) is 0 Å². The van der Waals surface area contributed by atoms with Gasteiger partial charge in [-0.2, -0.15) is 0 Å². The van der Waals surface area contributed by atoms with E-state index in [1.165, 1.54) is 11.8 Å². The number of rotatable bonds is 2. The van der Waals surface area contributed by atoms with Crippen molar-refractivity contribution >= 4 is 34.4 Å². The molecule has 0 saturated heterocycles. The molecule has 0 fully saturated rings. The van der Waals surface area contributed by atoms with Gasteiger partial charge in [0, 0.05) is 0 Å². The monoisotopic (exact) mass is 256 g/mol. The van der Waals surface area contributed by atoms with Gasteiger partial charge in [0.05, 0.1) is 0 Å². The van der Waals surface area contributed by atoms with Crippen molar-refractivity contribution in [3.63, 3.8) is 0 Å². The molecule has 0 saturated carbocycles. The molecule has 0 heterocycles. The normalized spacial score (nSPS) is 9.31. The molecule has 0 spiro atoms. The summed E-state index contributed by atoms with van der Waals surface area (Å²) in [4.78, 5) is 11.2. The minimum absolute atomic E-state index is 0.236. The van der Waals surface area contributed by atoms with E-state index in [0.717, 1.165) is 5.56 Å². The Morgan fingerprint density at radius 1 is 1.38 bits per heavy atom. The Kier molecular flexibility index (Phi) is 5.66. The van der Waals surface area contributed by atoms with Gasteiger partial charge in [0.2, 0.25) is 0 Å². The lowest BCUT2D eigenvalue weighted by atomic mass is 10.2. The molecule has 6 heteroatoms. The topological polar surface area (TPSA) is 50.4 Å². The first kappa shape index (κ1) is 12.8. The highest BCUT2D eigenvalue weighted by Crippen LogP contribution is 2.00. The number of thioether (sulfide) groups is 1. The van der Waals surface area contributed by atoms with Gasteiger partial charge in [0.25, 0.3) is 0 Å². The largest absolute Gasteiger partial charge is 0.443 e. The number of nitrogens with one attached hydrogen (secondary N) is 2. The molecule has 1 aromatic rings. The molecule has 0 unspecified atom stereocenters. The van der Waals surface area contributed by atoms with Gasteiger partial charge in [-0.1, -0.05) is 54.3 Å². The molecule has 0 aliphatic carbocycles. The minimum atomic E-state index is -0.555. The SMILES string of the molecule is CSC(=S)NNC(=O)OCc1ccccc1. The Morgan fingerprint density at radius 2 is 2.06 bits per heavy atom. The number of amides is 1. The van der Waals surface area contributed by atoms with Gasteiger partial charge in [-0.05, 0) is 11.8 Å². The number of hydrazine groups is 1. The predicted octanol–water partition coefficient (Wildman–Crippen LogP) is 2.07. The van der Waals surface area contributed by atoms with Crippen molar-refractivity contribution in [3.05, 3.63) is 35.9 Å². The van der Waals surface area contributed by atoms with Crippen LogP contribution in [0.15, 0.2) is 30.3 Å². The summed E-state index contributed by atoms with van der Waals surface area (Å²) in [5, 5.41) is 0. The maximum atomic E-state index is 11.2. The molecule has 1 amide bonds. The summed E-state index contributed by atoms with van der Waals surface area (Å²) in [6.07, 6.45) is 1.26. The average Bonchev–Trinajstić information content (AvgIpc) is 2.34. The molecule has 4 nitrogen and oxygen atoms in total. The van der Waals surface area contributed by atoms with E-state index >= 15 is 0 Å². The van der Waals surface area contributed by atoms with E-state index in [0.29, 0.717) is 4.32 Å². The molecule has 0 atom stereocenters. The molecule has 0 aliphatic rings. The van der Waals surface area contributed by atoms with E-state index < -0.39 is 6.09 Å². The number of benzene rings is 1. The lowest BCUT2D eigenvalue weighted by Crippen LogP contribution is -2.39. The highest BCUT2D eigenvalue weighted by molar-refractivity contribution is 8.22. The third kappa shape index (κ3) is 4.99. The van der Waals surface area contributed by atoms with Gasteiger partial charge >= 0.3 is 6.09 Å². The summed E-state index contributed by atoms with van der Waals surface area (Å²) in [5.74, 6) is 0. The van der Waals surface area contributed by atoms with Crippen LogP contribution in [0.4, 0.5) is 4.79 Å². The minimum Gasteiger partial charge on any atom is -0.443 e. The second kappa shape index (κ2) is 7.08. The third-order valence-corrected chi connectivity index (χ3v) is 2.74. The molecule has 1 rings (SSSR count). The summed E-state index contributed by atoms with van der Waals surface area (Å²) in [5.41, 5.74) is 5.80. The fourth-order valence-electron chi connectivity index (χ4n) is 0.912. The Balaban J connectivity index is 2.23. The summed E-state index contributed by atoms with van der Waals surface area (Å²) in [6, 6.07) is 9.44. The second-order valence-electron chi connectivity index (χ2n) is 2.80. The zero-order valence-corrected chi connectivity index (χ0v) is 10.4. The smallest absolute Gasteiger partial charge is 0.426 e. The maximum Gasteiger partial charge on any atom is 0.426 e. The van der Waals surface area contributed by atoms with E-state index in [4.69, 9.17) is 17.0 Å². The predicted molar refractivity (Wildman–Crippen MR) is 69.0 cm³/mol. The number of carbonyl (C=O) groups excluding carboxylic acids is 1. The Hall–Kier alpha value is -1.27. The van der Waals surface area contributed by atoms with Gasteiger partial charge in [-0.25, -0.2) is 10.2 Å². The van der Waals surface area contributed by atoms with Crippen molar-refractivity contribution in [1.29, 1.82) is 0 Å². The molecule has 0 radical (unpaired) electrons. The van der Waals surface area contributed by atoms with Gasteiger partial charge in [-0.3, -0.25) is 5.43 Å². The molecule has 0 aromatic heterocycles. The van der Waals surface area contributed by atoms with Crippen LogP contribution in [0.3, 0.4) is 0 Å². The Bertz CT molecular complexity index is 357. The van der Waals surface area contributed by atoms with E-state index in [1.54, 1.807) is 0 Å².